The second-order valence-corrected chi connectivity index (χ2v) is 6.21. The molecule has 0 aromatic heterocycles. The van der Waals surface area contributed by atoms with Gasteiger partial charge in [0, 0.05) is 24.7 Å². The van der Waals surface area contributed by atoms with Crippen LogP contribution >= 0.6 is 0 Å². The van der Waals surface area contributed by atoms with E-state index >= 15 is 0 Å². The van der Waals surface area contributed by atoms with Crippen LogP contribution in [0.15, 0.2) is 42.5 Å². The molecular weight excluding hydrogens is 351 g/mol. The van der Waals surface area contributed by atoms with Crippen LogP contribution in [0.5, 0.6) is 11.5 Å². The molecule has 1 aliphatic heterocycles. The normalized spacial score (nSPS) is 17.0. The standard InChI is InChI=1S/C20H21FN2O4/c1-13-19(24)23(17-12-16(26-2)8-9-18(17)27-3)11-10-22(13)20(25)14-4-6-15(21)7-5-14/h4-9,12-13H,10-11H2,1-3H3/t13-/m1/s1. The smallest absolute Gasteiger partial charge is 0.254 e. The molecule has 6 nitrogen and oxygen atoms in total. The van der Waals surface area contributed by atoms with Crippen LogP contribution in [0.4, 0.5) is 10.1 Å². The summed E-state index contributed by atoms with van der Waals surface area (Å²) in [6, 6.07) is 9.88. The second kappa shape index (κ2) is 7.65. The van der Waals surface area contributed by atoms with Crippen molar-refractivity contribution >= 4 is 17.5 Å². The van der Waals surface area contributed by atoms with Crippen molar-refractivity contribution in [1.82, 2.24) is 4.90 Å². The van der Waals surface area contributed by atoms with E-state index in [1.54, 1.807) is 37.1 Å². The zero-order chi connectivity index (χ0) is 19.6. The van der Waals surface area contributed by atoms with Gasteiger partial charge in [0.15, 0.2) is 0 Å². The predicted molar refractivity (Wildman–Crippen MR) is 98.8 cm³/mol. The van der Waals surface area contributed by atoms with E-state index in [0.29, 0.717) is 35.8 Å². The average molecular weight is 372 g/mol. The third kappa shape index (κ3) is 3.58. The van der Waals surface area contributed by atoms with Gasteiger partial charge in [-0.05, 0) is 43.3 Å². The monoisotopic (exact) mass is 372 g/mol. The van der Waals surface area contributed by atoms with Crippen LogP contribution < -0.4 is 14.4 Å². The summed E-state index contributed by atoms with van der Waals surface area (Å²) in [6.45, 7) is 2.35. The first kappa shape index (κ1) is 18.7. The Morgan fingerprint density at radius 1 is 1.07 bits per heavy atom. The third-order valence-electron chi connectivity index (χ3n) is 4.68. The molecule has 0 spiro atoms. The molecule has 1 fully saturated rings. The number of hydrogen-bond donors (Lipinski definition) is 0. The molecule has 3 rings (SSSR count). The van der Waals surface area contributed by atoms with Crippen molar-refractivity contribution in [3.8, 4) is 11.5 Å². The number of anilines is 1. The first-order valence-electron chi connectivity index (χ1n) is 8.56. The number of carbonyl (C=O) groups is 2. The number of amides is 2. The summed E-state index contributed by atoms with van der Waals surface area (Å²) >= 11 is 0. The molecule has 1 heterocycles. The van der Waals surface area contributed by atoms with Gasteiger partial charge in [-0.25, -0.2) is 4.39 Å². The number of ether oxygens (including phenoxy) is 2. The highest BCUT2D eigenvalue weighted by Crippen LogP contribution is 2.34. The maximum Gasteiger partial charge on any atom is 0.254 e. The number of halogens is 1. The Morgan fingerprint density at radius 2 is 1.78 bits per heavy atom. The lowest BCUT2D eigenvalue weighted by molar-refractivity contribution is -0.124. The van der Waals surface area contributed by atoms with Crippen molar-refractivity contribution in [3.63, 3.8) is 0 Å². The number of hydrogen-bond acceptors (Lipinski definition) is 4. The van der Waals surface area contributed by atoms with Crippen molar-refractivity contribution in [1.29, 1.82) is 0 Å². The minimum atomic E-state index is -0.660. The summed E-state index contributed by atoms with van der Waals surface area (Å²) in [5.41, 5.74) is 0.950. The van der Waals surface area contributed by atoms with E-state index in [2.05, 4.69) is 0 Å². The van der Waals surface area contributed by atoms with E-state index < -0.39 is 11.9 Å². The van der Waals surface area contributed by atoms with E-state index in [4.69, 9.17) is 9.47 Å². The lowest BCUT2D eigenvalue weighted by atomic mass is 10.1. The molecule has 2 amide bonds. The molecule has 27 heavy (non-hydrogen) atoms. The minimum absolute atomic E-state index is 0.219. The molecule has 1 saturated heterocycles. The molecule has 0 radical (unpaired) electrons. The van der Waals surface area contributed by atoms with Crippen LogP contribution in [0.25, 0.3) is 0 Å². The first-order chi connectivity index (χ1) is 13.0. The van der Waals surface area contributed by atoms with Gasteiger partial charge >= 0.3 is 0 Å². The fraction of sp³-hybridized carbons (Fsp3) is 0.300. The highest BCUT2D eigenvalue weighted by molar-refractivity contribution is 6.04. The molecule has 0 unspecified atom stereocenters. The van der Waals surface area contributed by atoms with Gasteiger partial charge in [0.25, 0.3) is 5.91 Å². The van der Waals surface area contributed by atoms with Crippen LogP contribution in [-0.2, 0) is 4.79 Å². The molecule has 2 aromatic rings. The Hall–Kier alpha value is -3.09. The van der Waals surface area contributed by atoms with Gasteiger partial charge in [0.2, 0.25) is 5.91 Å². The van der Waals surface area contributed by atoms with Crippen LogP contribution in [0.2, 0.25) is 0 Å². The molecule has 0 saturated carbocycles. The van der Waals surface area contributed by atoms with Gasteiger partial charge in [-0.1, -0.05) is 0 Å². The molecule has 142 valence electrons. The van der Waals surface area contributed by atoms with E-state index in [-0.39, 0.29) is 11.8 Å². The van der Waals surface area contributed by atoms with Crippen molar-refractivity contribution in [2.45, 2.75) is 13.0 Å². The van der Waals surface area contributed by atoms with Gasteiger partial charge in [-0.2, -0.15) is 0 Å². The summed E-state index contributed by atoms with van der Waals surface area (Å²) < 4.78 is 23.7. The van der Waals surface area contributed by atoms with Crippen molar-refractivity contribution in [2.24, 2.45) is 0 Å². The van der Waals surface area contributed by atoms with Crippen molar-refractivity contribution < 1.29 is 23.5 Å². The van der Waals surface area contributed by atoms with Crippen LogP contribution in [0.3, 0.4) is 0 Å². The minimum Gasteiger partial charge on any atom is -0.497 e. The lowest BCUT2D eigenvalue weighted by Gasteiger charge is -2.39. The molecule has 1 atom stereocenters. The lowest BCUT2D eigenvalue weighted by Crippen LogP contribution is -2.57. The topological polar surface area (TPSA) is 59.1 Å². The predicted octanol–water partition coefficient (Wildman–Crippen LogP) is 2.72. The highest BCUT2D eigenvalue weighted by atomic mass is 19.1. The van der Waals surface area contributed by atoms with E-state index in [1.165, 1.54) is 36.3 Å². The number of carbonyl (C=O) groups excluding carboxylic acids is 2. The van der Waals surface area contributed by atoms with Gasteiger partial charge in [0.05, 0.1) is 19.9 Å². The number of methoxy groups -OCH3 is 2. The molecule has 0 N–H and O–H groups in total. The summed E-state index contributed by atoms with van der Waals surface area (Å²) in [6.07, 6.45) is 0. The van der Waals surface area contributed by atoms with E-state index in [0.717, 1.165) is 0 Å². The van der Waals surface area contributed by atoms with Gasteiger partial charge in [0.1, 0.15) is 23.4 Å². The number of piperazine rings is 1. The van der Waals surface area contributed by atoms with Crippen molar-refractivity contribution in [3.05, 3.63) is 53.8 Å². The Bertz CT molecular complexity index is 854. The highest BCUT2D eigenvalue weighted by Gasteiger charge is 2.36. The average Bonchev–Trinajstić information content (AvgIpc) is 2.69. The summed E-state index contributed by atoms with van der Waals surface area (Å²) in [4.78, 5) is 28.8. The number of benzene rings is 2. The van der Waals surface area contributed by atoms with Gasteiger partial charge < -0.3 is 19.3 Å². The molecule has 2 aromatic carbocycles. The quantitative estimate of drug-likeness (QED) is 0.828. The zero-order valence-electron chi connectivity index (χ0n) is 15.4. The summed E-state index contributed by atoms with van der Waals surface area (Å²) in [7, 11) is 3.09. The molecule has 0 bridgehead atoms. The Balaban J connectivity index is 1.84. The molecule has 0 aliphatic carbocycles. The Kier molecular flexibility index (Phi) is 5.30. The fourth-order valence-corrected chi connectivity index (χ4v) is 3.15. The SMILES string of the molecule is COc1ccc(OC)c(N2CCN(C(=O)c3ccc(F)cc3)[C@H](C)C2=O)c1. The summed E-state index contributed by atoms with van der Waals surface area (Å²) in [5, 5.41) is 0. The largest absolute Gasteiger partial charge is 0.497 e. The maximum absolute atomic E-state index is 13.1. The zero-order valence-corrected chi connectivity index (χ0v) is 15.4. The number of nitrogens with zero attached hydrogens (tertiary/aromatic N) is 2. The van der Waals surface area contributed by atoms with Crippen molar-refractivity contribution in [2.75, 3.05) is 32.2 Å². The number of rotatable bonds is 4. The van der Waals surface area contributed by atoms with Crippen LogP contribution in [-0.4, -0.2) is 50.1 Å². The third-order valence-corrected chi connectivity index (χ3v) is 4.68. The van der Waals surface area contributed by atoms with Gasteiger partial charge in [-0.3, -0.25) is 9.59 Å². The Labute approximate surface area is 157 Å². The van der Waals surface area contributed by atoms with E-state index in [1.807, 2.05) is 0 Å². The first-order valence-corrected chi connectivity index (χ1v) is 8.56. The molecule has 1 aliphatic rings. The van der Waals surface area contributed by atoms with E-state index in [9.17, 15) is 14.0 Å². The fourth-order valence-electron chi connectivity index (χ4n) is 3.15. The maximum atomic E-state index is 13.1. The van der Waals surface area contributed by atoms with Crippen LogP contribution in [0.1, 0.15) is 17.3 Å². The molecule has 7 heteroatoms. The van der Waals surface area contributed by atoms with Gasteiger partial charge in [-0.15, -0.1) is 0 Å². The second-order valence-electron chi connectivity index (χ2n) is 6.21. The summed E-state index contributed by atoms with van der Waals surface area (Å²) in [5.74, 6) is 0.229. The Morgan fingerprint density at radius 3 is 2.41 bits per heavy atom. The van der Waals surface area contributed by atoms with Crippen LogP contribution in [0, 0.1) is 5.82 Å². The molecular formula is C20H21FN2O4.